The molecular formula is C17H15N3OS. The molecule has 0 bridgehead atoms. The smallest absolute Gasteiger partial charge is 0.282 e. The number of rotatable bonds is 4. The second kappa shape index (κ2) is 6.49. The van der Waals surface area contributed by atoms with Crippen molar-refractivity contribution in [1.82, 2.24) is 9.66 Å². The maximum absolute atomic E-state index is 12.4. The molecule has 22 heavy (non-hydrogen) atoms. The number of hydrogen-bond donors (Lipinski definition) is 1. The van der Waals surface area contributed by atoms with E-state index in [0.29, 0.717) is 10.2 Å². The molecule has 5 heteroatoms. The van der Waals surface area contributed by atoms with E-state index in [9.17, 15) is 4.79 Å². The highest BCUT2D eigenvalue weighted by atomic mass is 32.1. The highest BCUT2D eigenvalue weighted by Crippen LogP contribution is 2.06. The molecule has 0 saturated heterocycles. The van der Waals surface area contributed by atoms with E-state index in [1.165, 1.54) is 10.2 Å². The fourth-order valence-corrected chi connectivity index (χ4v) is 2.51. The Morgan fingerprint density at radius 2 is 1.82 bits per heavy atom. The molecule has 0 unspecified atom stereocenters. The van der Waals surface area contributed by atoms with Gasteiger partial charge in [-0.05, 0) is 42.8 Å². The molecule has 0 aliphatic carbocycles. The molecule has 1 N–H and O–H groups in total. The van der Waals surface area contributed by atoms with E-state index >= 15 is 0 Å². The van der Waals surface area contributed by atoms with E-state index in [1.54, 1.807) is 12.3 Å². The zero-order valence-electron chi connectivity index (χ0n) is 11.9. The predicted octanol–water partition coefficient (Wildman–Crippen LogP) is 3.53. The second-order valence-corrected chi connectivity index (χ2v) is 5.30. The minimum atomic E-state index is -0.199. The van der Waals surface area contributed by atoms with Crippen LogP contribution in [0.5, 0.6) is 0 Å². The van der Waals surface area contributed by atoms with Gasteiger partial charge in [0.2, 0.25) is 4.77 Å². The van der Waals surface area contributed by atoms with Crippen LogP contribution in [0.4, 0.5) is 0 Å². The highest BCUT2D eigenvalue weighted by Gasteiger charge is 2.03. The van der Waals surface area contributed by atoms with Gasteiger partial charge in [-0.3, -0.25) is 4.79 Å². The lowest BCUT2D eigenvalue weighted by Gasteiger charge is -2.02. The fourth-order valence-electron chi connectivity index (χ4n) is 2.27. The third-order valence-corrected chi connectivity index (χ3v) is 3.66. The van der Waals surface area contributed by atoms with Gasteiger partial charge in [0.25, 0.3) is 5.56 Å². The largest absolute Gasteiger partial charge is 0.330 e. The van der Waals surface area contributed by atoms with Crippen LogP contribution in [0.1, 0.15) is 12.0 Å². The molecule has 0 amide bonds. The van der Waals surface area contributed by atoms with Crippen LogP contribution < -0.4 is 5.56 Å². The van der Waals surface area contributed by atoms with Gasteiger partial charge in [-0.1, -0.05) is 42.5 Å². The summed E-state index contributed by atoms with van der Waals surface area (Å²) in [6.45, 7) is 0. The summed E-state index contributed by atoms with van der Waals surface area (Å²) >= 11 is 5.20. The third kappa shape index (κ3) is 3.04. The molecule has 1 heterocycles. The fraction of sp³-hybridized carbons (Fsp3) is 0.118. The van der Waals surface area contributed by atoms with Gasteiger partial charge in [0.05, 0.1) is 10.9 Å². The summed E-state index contributed by atoms with van der Waals surface area (Å²) in [7, 11) is 0. The Morgan fingerprint density at radius 1 is 1.09 bits per heavy atom. The monoisotopic (exact) mass is 309 g/mol. The van der Waals surface area contributed by atoms with E-state index < -0.39 is 0 Å². The quantitative estimate of drug-likeness (QED) is 0.592. The van der Waals surface area contributed by atoms with Crippen LogP contribution in [0.15, 0.2) is 64.5 Å². The van der Waals surface area contributed by atoms with Gasteiger partial charge in [-0.15, -0.1) is 0 Å². The Morgan fingerprint density at radius 3 is 2.64 bits per heavy atom. The van der Waals surface area contributed by atoms with Crippen molar-refractivity contribution >= 4 is 29.3 Å². The van der Waals surface area contributed by atoms with Crippen molar-refractivity contribution in [3.8, 4) is 0 Å². The van der Waals surface area contributed by atoms with E-state index in [4.69, 9.17) is 12.2 Å². The van der Waals surface area contributed by atoms with Crippen LogP contribution in [0.3, 0.4) is 0 Å². The maximum atomic E-state index is 12.4. The van der Waals surface area contributed by atoms with Gasteiger partial charge in [-0.25, -0.2) is 0 Å². The van der Waals surface area contributed by atoms with Crippen molar-refractivity contribution in [1.29, 1.82) is 0 Å². The zero-order chi connectivity index (χ0) is 15.4. The maximum Gasteiger partial charge on any atom is 0.282 e. The molecule has 0 fully saturated rings. The molecule has 3 aromatic rings. The lowest BCUT2D eigenvalue weighted by Crippen LogP contribution is -2.18. The van der Waals surface area contributed by atoms with Crippen LogP contribution in [-0.2, 0) is 6.42 Å². The van der Waals surface area contributed by atoms with Crippen LogP contribution in [-0.4, -0.2) is 15.9 Å². The van der Waals surface area contributed by atoms with Crippen LogP contribution >= 0.6 is 12.2 Å². The minimum Gasteiger partial charge on any atom is -0.330 e. The summed E-state index contributed by atoms with van der Waals surface area (Å²) in [6.07, 6.45) is 3.36. The average Bonchev–Trinajstić information content (AvgIpc) is 2.55. The van der Waals surface area contributed by atoms with Crippen molar-refractivity contribution in [3.63, 3.8) is 0 Å². The Hall–Kier alpha value is -2.53. The highest BCUT2D eigenvalue weighted by molar-refractivity contribution is 7.71. The van der Waals surface area contributed by atoms with Crippen LogP contribution in [0.25, 0.3) is 10.9 Å². The van der Waals surface area contributed by atoms with Gasteiger partial charge in [0, 0.05) is 6.21 Å². The second-order valence-electron chi connectivity index (χ2n) is 4.92. The van der Waals surface area contributed by atoms with Crippen molar-refractivity contribution in [2.45, 2.75) is 12.8 Å². The summed E-state index contributed by atoms with van der Waals surface area (Å²) in [5.74, 6) is 0. The zero-order valence-corrected chi connectivity index (χ0v) is 12.7. The number of H-pyrrole nitrogens is 1. The van der Waals surface area contributed by atoms with Gasteiger partial charge in [-0.2, -0.15) is 9.78 Å². The van der Waals surface area contributed by atoms with Crippen molar-refractivity contribution in [2.24, 2.45) is 5.10 Å². The first-order valence-electron chi connectivity index (χ1n) is 7.06. The predicted molar refractivity (Wildman–Crippen MR) is 92.0 cm³/mol. The molecule has 2 aromatic carbocycles. The van der Waals surface area contributed by atoms with Crippen molar-refractivity contribution < 1.29 is 0 Å². The third-order valence-electron chi connectivity index (χ3n) is 3.39. The average molecular weight is 309 g/mol. The summed E-state index contributed by atoms with van der Waals surface area (Å²) in [6, 6.07) is 17.4. The molecular weight excluding hydrogens is 294 g/mol. The Kier molecular flexibility index (Phi) is 4.25. The lowest BCUT2D eigenvalue weighted by atomic mass is 10.1. The molecule has 1 aromatic heterocycles. The van der Waals surface area contributed by atoms with Crippen LogP contribution in [0.2, 0.25) is 0 Å². The standard InChI is InChI=1S/C17H15N3OS/c21-16-14-10-4-5-11-15(14)19-17(22)20(16)18-12-6-9-13-7-2-1-3-8-13/h1-5,7-8,10-12H,6,9H2,(H,19,22)/b18-12-. The number of fused-ring (bicyclic) bond motifs is 1. The van der Waals surface area contributed by atoms with E-state index in [1.807, 2.05) is 36.4 Å². The molecule has 0 aliphatic heterocycles. The number of aromatic amines is 1. The molecule has 0 radical (unpaired) electrons. The number of aryl methyl sites for hydroxylation is 1. The summed E-state index contributed by atoms with van der Waals surface area (Å²) in [4.78, 5) is 15.4. The molecule has 0 saturated carbocycles. The first kappa shape index (κ1) is 14.4. The van der Waals surface area contributed by atoms with Crippen molar-refractivity contribution in [3.05, 3.63) is 75.3 Å². The summed E-state index contributed by atoms with van der Waals surface area (Å²) in [5.41, 5.74) is 1.77. The molecule has 110 valence electrons. The molecule has 0 atom stereocenters. The Balaban J connectivity index is 1.83. The van der Waals surface area contributed by atoms with E-state index in [-0.39, 0.29) is 5.56 Å². The number of aromatic nitrogens is 2. The number of para-hydroxylation sites is 1. The Labute approximate surface area is 132 Å². The summed E-state index contributed by atoms with van der Waals surface area (Å²) in [5, 5.41) is 4.79. The van der Waals surface area contributed by atoms with E-state index in [2.05, 4.69) is 22.2 Å². The van der Waals surface area contributed by atoms with Crippen LogP contribution in [0, 0.1) is 4.77 Å². The van der Waals surface area contributed by atoms with E-state index in [0.717, 1.165) is 18.4 Å². The minimum absolute atomic E-state index is 0.199. The topological polar surface area (TPSA) is 50.1 Å². The first-order chi connectivity index (χ1) is 10.8. The molecule has 3 rings (SSSR count). The number of nitrogens with one attached hydrogen (secondary N) is 1. The Bertz CT molecular complexity index is 926. The van der Waals surface area contributed by atoms with Crippen molar-refractivity contribution in [2.75, 3.05) is 0 Å². The van der Waals surface area contributed by atoms with Gasteiger partial charge in [0.1, 0.15) is 0 Å². The molecule has 4 nitrogen and oxygen atoms in total. The first-order valence-corrected chi connectivity index (χ1v) is 7.47. The summed E-state index contributed by atoms with van der Waals surface area (Å²) < 4.78 is 1.54. The molecule has 0 aliphatic rings. The molecule has 0 spiro atoms. The number of nitrogens with zero attached hydrogens (tertiary/aromatic N) is 2. The van der Waals surface area contributed by atoms with Gasteiger partial charge < -0.3 is 4.98 Å². The van der Waals surface area contributed by atoms with Gasteiger partial charge >= 0.3 is 0 Å². The number of benzene rings is 2. The SMILES string of the molecule is O=c1c2ccccc2[nH]c(=S)n1/N=C\CCc1ccccc1. The normalized spacial score (nSPS) is 11.3. The number of hydrogen-bond acceptors (Lipinski definition) is 3. The van der Waals surface area contributed by atoms with Gasteiger partial charge in [0.15, 0.2) is 0 Å². The lowest BCUT2D eigenvalue weighted by molar-refractivity contribution is 0.793.